The number of hydrogen-bond donors (Lipinski definition) is 2. The van der Waals surface area contributed by atoms with Gasteiger partial charge in [0, 0.05) is 13.1 Å². The minimum atomic E-state index is -1.28. The molecule has 9 nitrogen and oxygen atoms in total. The van der Waals surface area contributed by atoms with Crippen LogP contribution in [0.3, 0.4) is 0 Å². The normalized spacial score (nSPS) is 23.7. The van der Waals surface area contributed by atoms with Gasteiger partial charge < -0.3 is 14.8 Å². The number of nitrogens with one attached hydrogen (secondary N) is 2. The molecule has 1 aromatic rings. The van der Waals surface area contributed by atoms with Gasteiger partial charge in [-0.25, -0.2) is 4.79 Å². The third kappa shape index (κ3) is 3.49. The van der Waals surface area contributed by atoms with Crippen molar-refractivity contribution in [1.82, 2.24) is 20.7 Å². The first-order chi connectivity index (χ1) is 12.4. The van der Waals surface area contributed by atoms with E-state index in [9.17, 15) is 14.4 Å². The summed E-state index contributed by atoms with van der Waals surface area (Å²) in [5.41, 5.74) is 1.69. The molecule has 0 spiro atoms. The van der Waals surface area contributed by atoms with Gasteiger partial charge >= 0.3 is 6.03 Å². The molecule has 1 atom stereocenters. The van der Waals surface area contributed by atoms with E-state index in [0.717, 1.165) is 5.01 Å². The summed E-state index contributed by atoms with van der Waals surface area (Å²) in [7, 11) is 1.52. The fourth-order valence-electron chi connectivity index (χ4n) is 2.99. The summed E-state index contributed by atoms with van der Waals surface area (Å²) < 4.78 is 10.4. The van der Waals surface area contributed by atoms with Crippen LogP contribution in [0.5, 0.6) is 5.75 Å². The molecule has 3 rings (SSSR count). The first-order valence-corrected chi connectivity index (χ1v) is 8.35. The summed E-state index contributed by atoms with van der Waals surface area (Å²) in [4.78, 5) is 39.2. The minimum Gasteiger partial charge on any atom is -0.497 e. The van der Waals surface area contributed by atoms with Crippen LogP contribution in [0.4, 0.5) is 4.79 Å². The van der Waals surface area contributed by atoms with Gasteiger partial charge in [0.05, 0.1) is 26.9 Å². The fraction of sp³-hybridized carbons (Fsp3) is 0.471. The molecule has 2 fully saturated rings. The Balaban J connectivity index is 1.70. The van der Waals surface area contributed by atoms with Crippen LogP contribution in [-0.4, -0.2) is 67.7 Å². The van der Waals surface area contributed by atoms with Crippen LogP contribution in [0.2, 0.25) is 0 Å². The van der Waals surface area contributed by atoms with Crippen LogP contribution in [-0.2, 0) is 19.9 Å². The van der Waals surface area contributed by atoms with E-state index in [1.165, 1.54) is 7.11 Å². The first kappa shape index (κ1) is 18.2. The van der Waals surface area contributed by atoms with Crippen LogP contribution >= 0.6 is 0 Å². The Bertz CT molecular complexity index is 719. The van der Waals surface area contributed by atoms with Crippen LogP contribution in [0.15, 0.2) is 24.3 Å². The number of urea groups is 1. The molecular weight excluding hydrogens is 340 g/mol. The molecule has 2 heterocycles. The highest BCUT2D eigenvalue weighted by molar-refractivity contribution is 6.08. The zero-order valence-electron chi connectivity index (χ0n) is 14.8. The Hall–Kier alpha value is -2.65. The summed E-state index contributed by atoms with van der Waals surface area (Å²) in [5.74, 6) is -0.406. The number of carbonyl (C=O) groups excluding carboxylic acids is 3. The van der Waals surface area contributed by atoms with Gasteiger partial charge in [-0.2, -0.15) is 5.01 Å². The van der Waals surface area contributed by atoms with Crippen molar-refractivity contribution in [3.63, 3.8) is 0 Å². The minimum absolute atomic E-state index is 0.0935. The van der Waals surface area contributed by atoms with E-state index in [1.807, 2.05) is 4.90 Å². The van der Waals surface area contributed by atoms with Crippen molar-refractivity contribution in [3.8, 4) is 5.75 Å². The molecule has 9 heteroatoms. The number of hydrazine groups is 1. The van der Waals surface area contributed by atoms with Gasteiger partial charge in [0.25, 0.3) is 11.8 Å². The number of benzene rings is 1. The lowest BCUT2D eigenvalue weighted by Crippen LogP contribution is -2.51. The molecule has 0 bridgehead atoms. The number of ether oxygens (including phenoxy) is 2. The van der Waals surface area contributed by atoms with E-state index < -0.39 is 23.4 Å². The number of hydrogen-bond acceptors (Lipinski definition) is 6. The molecule has 2 saturated heterocycles. The largest absolute Gasteiger partial charge is 0.497 e. The predicted molar refractivity (Wildman–Crippen MR) is 91.1 cm³/mol. The fourth-order valence-corrected chi connectivity index (χ4v) is 2.99. The topological polar surface area (TPSA) is 100 Å². The van der Waals surface area contributed by atoms with E-state index >= 15 is 0 Å². The molecule has 4 amide bonds. The van der Waals surface area contributed by atoms with Gasteiger partial charge in [-0.15, -0.1) is 0 Å². The highest BCUT2D eigenvalue weighted by Gasteiger charge is 2.50. The first-order valence-electron chi connectivity index (χ1n) is 8.35. The number of nitrogens with zero attached hydrogens (tertiary/aromatic N) is 2. The Kier molecular flexibility index (Phi) is 5.10. The Morgan fingerprint density at radius 1 is 1.35 bits per heavy atom. The molecule has 26 heavy (non-hydrogen) atoms. The number of amides is 4. The highest BCUT2D eigenvalue weighted by atomic mass is 16.5. The maximum atomic E-state index is 12.8. The van der Waals surface area contributed by atoms with E-state index in [2.05, 4.69) is 10.7 Å². The second-order valence-electron chi connectivity index (χ2n) is 6.35. The molecule has 2 N–H and O–H groups in total. The number of methoxy groups -OCH3 is 1. The monoisotopic (exact) mass is 362 g/mol. The van der Waals surface area contributed by atoms with E-state index in [4.69, 9.17) is 9.47 Å². The lowest BCUT2D eigenvalue weighted by molar-refractivity contribution is -0.139. The molecule has 0 aromatic heterocycles. The molecule has 0 aliphatic carbocycles. The number of carbonyl (C=O) groups is 3. The third-order valence-electron chi connectivity index (χ3n) is 4.55. The van der Waals surface area contributed by atoms with Crippen molar-refractivity contribution >= 4 is 17.8 Å². The SMILES string of the molecule is COc1cccc([C@]2(C)NC(=O)N(NC(=O)CN3CCOCC3)C2=O)c1. The van der Waals surface area contributed by atoms with Crippen LogP contribution in [0.25, 0.3) is 0 Å². The van der Waals surface area contributed by atoms with Crippen molar-refractivity contribution in [2.24, 2.45) is 0 Å². The molecule has 140 valence electrons. The summed E-state index contributed by atoms with van der Waals surface area (Å²) in [5, 5.41) is 3.38. The van der Waals surface area contributed by atoms with Crippen LogP contribution in [0, 0.1) is 0 Å². The lowest BCUT2D eigenvalue weighted by Gasteiger charge is -2.26. The van der Waals surface area contributed by atoms with Crippen molar-refractivity contribution in [1.29, 1.82) is 0 Å². The van der Waals surface area contributed by atoms with E-state index in [1.54, 1.807) is 31.2 Å². The summed E-state index contributed by atoms with van der Waals surface area (Å²) >= 11 is 0. The molecular formula is C17H22N4O5. The zero-order valence-corrected chi connectivity index (χ0v) is 14.8. The van der Waals surface area contributed by atoms with Gasteiger partial charge in [0.15, 0.2) is 0 Å². The third-order valence-corrected chi connectivity index (χ3v) is 4.55. The Labute approximate surface area is 151 Å². The average molecular weight is 362 g/mol. The quantitative estimate of drug-likeness (QED) is 0.705. The van der Waals surface area contributed by atoms with Gasteiger partial charge in [-0.1, -0.05) is 12.1 Å². The second-order valence-corrected chi connectivity index (χ2v) is 6.35. The lowest BCUT2D eigenvalue weighted by atomic mass is 9.92. The van der Waals surface area contributed by atoms with Crippen LogP contribution in [0.1, 0.15) is 12.5 Å². The summed E-state index contributed by atoms with van der Waals surface area (Å²) in [6.07, 6.45) is 0. The zero-order chi connectivity index (χ0) is 18.7. The van der Waals surface area contributed by atoms with Crippen molar-refractivity contribution in [2.45, 2.75) is 12.5 Å². The Morgan fingerprint density at radius 2 is 2.08 bits per heavy atom. The maximum absolute atomic E-state index is 12.8. The Morgan fingerprint density at radius 3 is 2.77 bits per heavy atom. The molecule has 1 aromatic carbocycles. The predicted octanol–water partition coefficient (Wildman–Crippen LogP) is -0.174. The summed E-state index contributed by atoms with van der Waals surface area (Å²) in [6, 6.07) is 6.21. The van der Waals surface area contributed by atoms with Crippen molar-refractivity contribution < 1.29 is 23.9 Å². The maximum Gasteiger partial charge on any atom is 0.344 e. The van der Waals surface area contributed by atoms with Crippen molar-refractivity contribution in [3.05, 3.63) is 29.8 Å². The van der Waals surface area contributed by atoms with E-state index in [0.29, 0.717) is 37.6 Å². The molecule has 2 aliphatic rings. The van der Waals surface area contributed by atoms with Gasteiger partial charge in [-0.3, -0.25) is 19.9 Å². The molecule has 2 aliphatic heterocycles. The highest BCUT2D eigenvalue weighted by Crippen LogP contribution is 2.30. The second kappa shape index (κ2) is 7.30. The van der Waals surface area contributed by atoms with Crippen LogP contribution < -0.4 is 15.5 Å². The smallest absolute Gasteiger partial charge is 0.344 e. The number of rotatable bonds is 5. The number of imide groups is 1. The molecule has 0 saturated carbocycles. The summed E-state index contributed by atoms with van der Waals surface area (Å²) in [6.45, 7) is 4.07. The standard InChI is InChI=1S/C17H22N4O5/c1-17(12-4-3-5-13(10-12)25-2)15(23)21(16(24)18-17)19-14(22)11-20-6-8-26-9-7-20/h3-5,10H,6-9,11H2,1-2H3,(H,18,24)(H,19,22)/t17-/m0/s1. The van der Waals surface area contributed by atoms with Gasteiger partial charge in [0.2, 0.25) is 0 Å². The van der Waals surface area contributed by atoms with Gasteiger partial charge in [0.1, 0.15) is 11.3 Å². The van der Waals surface area contributed by atoms with Gasteiger partial charge in [-0.05, 0) is 24.6 Å². The van der Waals surface area contributed by atoms with E-state index in [-0.39, 0.29) is 6.54 Å². The van der Waals surface area contributed by atoms with Crippen molar-refractivity contribution in [2.75, 3.05) is 40.0 Å². The molecule has 0 unspecified atom stereocenters. The average Bonchev–Trinajstić information content (AvgIpc) is 2.87. The number of morpholine rings is 1. The molecule has 0 radical (unpaired) electrons.